The van der Waals surface area contributed by atoms with Gasteiger partial charge < -0.3 is 14.7 Å². The molecule has 25 heavy (non-hydrogen) atoms. The molecule has 0 saturated carbocycles. The second-order valence-electron chi connectivity index (χ2n) is 7.54. The second kappa shape index (κ2) is 8.77. The molecule has 0 aromatic heterocycles. The SMILES string of the molecule is CN1CCN(CCc2ccc(C3CN(C)CCN3CC#N)cc2)CC1. The van der Waals surface area contributed by atoms with E-state index < -0.39 is 0 Å². The van der Waals surface area contributed by atoms with E-state index in [2.05, 4.69) is 64.0 Å². The van der Waals surface area contributed by atoms with Gasteiger partial charge in [-0.1, -0.05) is 24.3 Å². The van der Waals surface area contributed by atoms with Crippen LogP contribution in [0.3, 0.4) is 0 Å². The third-order valence-electron chi connectivity index (χ3n) is 5.65. The maximum Gasteiger partial charge on any atom is 0.0871 e. The smallest absolute Gasteiger partial charge is 0.0871 e. The van der Waals surface area contributed by atoms with Crippen molar-refractivity contribution in [2.24, 2.45) is 0 Å². The van der Waals surface area contributed by atoms with Crippen molar-refractivity contribution in [1.29, 1.82) is 5.26 Å². The summed E-state index contributed by atoms with van der Waals surface area (Å²) in [5, 5.41) is 9.09. The third-order valence-corrected chi connectivity index (χ3v) is 5.65. The molecular formula is C20H31N5. The van der Waals surface area contributed by atoms with Crippen LogP contribution >= 0.6 is 0 Å². The molecule has 136 valence electrons. The normalized spacial score (nSPS) is 24.3. The average Bonchev–Trinajstić information content (AvgIpc) is 2.63. The van der Waals surface area contributed by atoms with Gasteiger partial charge in [-0.05, 0) is 31.6 Å². The van der Waals surface area contributed by atoms with Gasteiger partial charge in [0.25, 0.3) is 0 Å². The first-order valence-electron chi connectivity index (χ1n) is 9.45. The van der Waals surface area contributed by atoms with E-state index in [1.165, 1.54) is 37.3 Å². The molecule has 2 aliphatic rings. The van der Waals surface area contributed by atoms with E-state index >= 15 is 0 Å². The van der Waals surface area contributed by atoms with Crippen molar-refractivity contribution in [3.05, 3.63) is 35.4 Å². The molecule has 2 fully saturated rings. The zero-order valence-corrected chi connectivity index (χ0v) is 15.7. The summed E-state index contributed by atoms with van der Waals surface area (Å²) in [5.74, 6) is 0. The first kappa shape index (κ1) is 18.3. The number of hydrogen-bond donors (Lipinski definition) is 0. The molecule has 0 aliphatic carbocycles. The van der Waals surface area contributed by atoms with Crippen molar-refractivity contribution in [3.8, 4) is 6.07 Å². The van der Waals surface area contributed by atoms with Crippen LogP contribution in [-0.4, -0.2) is 92.6 Å². The maximum atomic E-state index is 9.09. The van der Waals surface area contributed by atoms with E-state index in [0.717, 1.165) is 32.6 Å². The predicted octanol–water partition coefficient (Wildman–Crippen LogP) is 1.29. The Morgan fingerprint density at radius 1 is 0.960 bits per heavy atom. The highest BCUT2D eigenvalue weighted by Gasteiger charge is 2.26. The quantitative estimate of drug-likeness (QED) is 0.755. The van der Waals surface area contributed by atoms with Crippen molar-refractivity contribution >= 4 is 0 Å². The van der Waals surface area contributed by atoms with Gasteiger partial charge in [-0.2, -0.15) is 5.26 Å². The standard InChI is InChI=1S/C20H31N5/c1-22-11-14-24(15-12-22)9-7-18-3-5-19(6-4-18)20-17-23(2)13-16-25(20)10-8-21/h3-6,20H,7,9-17H2,1-2H3. The fourth-order valence-electron chi connectivity index (χ4n) is 3.82. The second-order valence-corrected chi connectivity index (χ2v) is 7.54. The summed E-state index contributed by atoms with van der Waals surface area (Å²) in [7, 11) is 4.37. The molecule has 0 bridgehead atoms. The van der Waals surface area contributed by atoms with Crippen LogP contribution in [0.2, 0.25) is 0 Å². The summed E-state index contributed by atoms with van der Waals surface area (Å²) >= 11 is 0. The number of hydrogen-bond acceptors (Lipinski definition) is 5. The number of nitrogens with zero attached hydrogens (tertiary/aromatic N) is 5. The lowest BCUT2D eigenvalue weighted by Gasteiger charge is -2.39. The highest BCUT2D eigenvalue weighted by atomic mass is 15.3. The molecule has 3 rings (SSSR count). The Morgan fingerprint density at radius 2 is 1.64 bits per heavy atom. The van der Waals surface area contributed by atoms with Gasteiger partial charge in [-0.15, -0.1) is 0 Å². The van der Waals surface area contributed by atoms with E-state index in [9.17, 15) is 0 Å². The van der Waals surface area contributed by atoms with Gasteiger partial charge in [0.2, 0.25) is 0 Å². The van der Waals surface area contributed by atoms with E-state index in [4.69, 9.17) is 5.26 Å². The van der Waals surface area contributed by atoms with Crippen LogP contribution in [-0.2, 0) is 6.42 Å². The first-order valence-corrected chi connectivity index (χ1v) is 9.45. The molecule has 5 heteroatoms. The molecule has 1 aromatic carbocycles. The van der Waals surface area contributed by atoms with Crippen LogP contribution < -0.4 is 0 Å². The van der Waals surface area contributed by atoms with Crippen LogP contribution in [0.1, 0.15) is 17.2 Å². The van der Waals surface area contributed by atoms with Crippen LogP contribution in [0.15, 0.2) is 24.3 Å². The lowest BCUT2D eigenvalue weighted by atomic mass is 10.00. The van der Waals surface area contributed by atoms with Crippen LogP contribution in [0.5, 0.6) is 0 Å². The molecular weight excluding hydrogens is 310 g/mol. The van der Waals surface area contributed by atoms with Crippen LogP contribution in [0, 0.1) is 11.3 Å². The molecule has 2 saturated heterocycles. The van der Waals surface area contributed by atoms with Gasteiger partial charge in [-0.3, -0.25) is 4.90 Å². The predicted molar refractivity (Wildman–Crippen MR) is 102 cm³/mol. The number of benzene rings is 1. The first-order chi connectivity index (χ1) is 12.2. The Balaban J connectivity index is 1.56. The minimum Gasteiger partial charge on any atom is -0.304 e. The highest BCUT2D eigenvalue weighted by Crippen LogP contribution is 2.25. The number of piperazine rings is 2. The number of likely N-dealkylation sites (N-methyl/N-ethyl adjacent to an activating group) is 2. The van der Waals surface area contributed by atoms with Gasteiger partial charge in [0, 0.05) is 58.4 Å². The summed E-state index contributed by atoms with van der Waals surface area (Å²) in [6.45, 7) is 9.43. The Bertz CT molecular complexity index is 571. The molecule has 0 amide bonds. The summed E-state index contributed by atoms with van der Waals surface area (Å²) in [4.78, 5) is 9.64. The van der Waals surface area contributed by atoms with Crippen molar-refractivity contribution in [2.45, 2.75) is 12.5 Å². The lowest BCUT2D eigenvalue weighted by Crippen LogP contribution is -2.46. The molecule has 2 heterocycles. The summed E-state index contributed by atoms with van der Waals surface area (Å²) < 4.78 is 0. The maximum absolute atomic E-state index is 9.09. The van der Waals surface area contributed by atoms with Gasteiger partial charge >= 0.3 is 0 Å². The molecule has 0 radical (unpaired) electrons. The van der Waals surface area contributed by atoms with E-state index in [0.29, 0.717) is 12.6 Å². The van der Waals surface area contributed by atoms with Crippen molar-refractivity contribution in [3.63, 3.8) is 0 Å². The molecule has 0 N–H and O–H groups in total. The van der Waals surface area contributed by atoms with Gasteiger partial charge in [0.15, 0.2) is 0 Å². The monoisotopic (exact) mass is 341 g/mol. The summed E-state index contributed by atoms with van der Waals surface area (Å²) in [6.07, 6.45) is 1.12. The zero-order chi connectivity index (χ0) is 17.6. The molecule has 0 spiro atoms. The van der Waals surface area contributed by atoms with Gasteiger partial charge in [0.1, 0.15) is 0 Å². The number of rotatable bonds is 5. The topological polar surface area (TPSA) is 36.8 Å². The van der Waals surface area contributed by atoms with E-state index in [1.807, 2.05) is 0 Å². The zero-order valence-electron chi connectivity index (χ0n) is 15.7. The van der Waals surface area contributed by atoms with Crippen molar-refractivity contribution in [1.82, 2.24) is 19.6 Å². The molecule has 5 nitrogen and oxygen atoms in total. The molecule has 1 aromatic rings. The Labute approximate surface area is 152 Å². The third kappa shape index (κ3) is 5.02. The molecule has 1 atom stereocenters. The van der Waals surface area contributed by atoms with E-state index in [1.54, 1.807) is 0 Å². The largest absolute Gasteiger partial charge is 0.304 e. The fraction of sp³-hybridized carbons (Fsp3) is 0.650. The molecule has 1 unspecified atom stereocenters. The van der Waals surface area contributed by atoms with Crippen molar-refractivity contribution in [2.75, 3.05) is 73.0 Å². The lowest BCUT2D eigenvalue weighted by molar-refractivity contribution is 0.102. The Kier molecular flexibility index (Phi) is 6.44. The number of nitriles is 1. The minimum absolute atomic E-state index is 0.338. The average molecular weight is 342 g/mol. The van der Waals surface area contributed by atoms with Crippen LogP contribution in [0.4, 0.5) is 0 Å². The van der Waals surface area contributed by atoms with Gasteiger partial charge in [0.05, 0.1) is 12.6 Å². The highest BCUT2D eigenvalue weighted by molar-refractivity contribution is 5.26. The van der Waals surface area contributed by atoms with E-state index in [-0.39, 0.29) is 0 Å². The van der Waals surface area contributed by atoms with Gasteiger partial charge in [-0.25, -0.2) is 0 Å². The van der Waals surface area contributed by atoms with Crippen molar-refractivity contribution < 1.29 is 0 Å². The minimum atomic E-state index is 0.338. The fourth-order valence-corrected chi connectivity index (χ4v) is 3.82. The summed E-state index contributed by atoms with van der Waals surface area (Å²) in [6, 6.07) is 11.8. The summed E-state index contributed by atoms with van der Waals surface area (Å²) in [5.41, 5.74) is 2.75. The Morgan fingerprint density at radius 3 is 2.32 bits per heavy atom. The Hall–Kier alpha value is -1.45. The molecule has 2 aliphatic heterocycles. The van der Waals surface area contributed by atoms with Crippen LogP contribution in [0.25, 0.3) is 0 Å².